The number of ether oxygens (including phenoxy) is 1. The molecule has 2 rings (SSSR count). The average molecular weight is 296 g/mol. The molecule has 0 radical (unpaired) electrons. The maximum Gasteiger partial charge on any atom is 0.253 e. The second-order valence-electron chi connectivity index (χ2n) is 5.04. The van der Waals surface area contributed by atoms with Crippen LogP contribution in [0.3, 0.4) is 0 Å². The van der Waals surface area contributed by atoms with E-state index in [4.69, 9.17) is 16.3 Å². The number of guanidine groups is 1. The molecule has 0 aliphatic carbocycles. The van der Waals surface area contributed by atoms with E-state index in [1.165, 1.54) is 0 Å². The molecule has 1 aliphatic heterocycles. The Kier molecular flexibility index (Phi) is 4.49. The smallest absolute Gasteiger partial charge is 0.253 e. The number of nitrogens with one attached hydrogen (secondary N) is 2. The van der Waals surface area contributed by atoms with Gasteiger partial charge in [0.25, 0.3) is 5.91 Å². The van der Waals surface area contributed by atoms with E-state index >= 15 is 0 Å². The van der Waals surface area contributed by atoms with Gasteiger partial charge in [0.2, 0.25) is 0 Å². The molecule has 0 saturated carbocycles. The maximum absolute atomic E-state index is 12.0. The molecule has 20 heavy (non-hydrogen) atoms. The summed E-state index contributed by atoms with van der Waals surface area (Å²) in [5.41, 5.74) is 0.781. The molecule has 1 atom stereocenters. The molecular weight excluding hydrogens is 278 g/mol. The molecule has 1 fully saturated rings. The van der Waals surface area contributed by atoms with Crippen LogP contribution >= 0.6 is 11.6 Å². The normalized spacial score (nSPS) is 20.1. The fourth-order valence-corrected chi connectivity index (χ4v) is 2.15. The third-order valence-electron chi connectivity index (χ3n) is 2.91. The molecule has 1 aromatic carbocycles. The molecule has 1 aromatic rings. The third-order valence-corrected chi connectivity index (χ3v) is 3.20. The fourth-order valence-electron chi connectivity index (χ4n) is 1.88. The first-order valence-electron chi connectivity index (χ1n) is 6.46. The van der Waals surface area contributed by atoms with Crippen molar-refractivity contribution in [2.24, 2.45) is 10.9 Å². The number of rotatable bonds is 4. The number of aliphatic imine (C=N–C) groups is 1. The largest absolute Gasteiger partial charge is 0.495 e. The SMILES string of the molecule is COc1ccc(C2NC(=NCC(C)C)NC2=O)cc1Cl. The Morgan fingerprint density at radius 3 is 2.80 bits per heavy atom. The zero-order chi connectivity index (χ0) is 14.7. The first-order valence-corrected chi connectivity index (χ1v) is 6.84. The van der Waals surface area contributed by atoms with E-state index in [9.17, 15) is 4.79 Å². The number of amides is 1. The second-order valence-corrected chi connectivity index (χ2v) is 5.45. The molecule has 1 unspecified atom stereocenters. The standard InChI is InChI=1S/C14H18ClN3O2/c1-8(2)7-16-14-17-12(13(19)18-14)9-4-5-11(20-3)10(15)6-9/h4-6,8,12H,7H2,1-3H3,(H2,16,17,18,19). The highest BCUT2D eigenvalue weighted by Gasteiger charge is 2.30. The number of carbonyl (C=O) groups excluding carboxylic acids is 1. The molecular formula is C14H18ClN3O2. The first kappa shape index (κ1) is 14.7. The Labute approximate surface area is 123 Å². The Morgan fingerprint density at radius 1 is 1.45 bits per heavy atom. The molecule has 108 valence electrons. The van der Waals surface area contributed by atoms with Crippen LogP contribution in [0.15, 0.2) is 23.2 Å². The molecule has 6 heteroatoms. The van der Waals surface area contributed by atoms with Gasteiger partial charge in [0.05, 0.1) is 12.1 Å². The summed E-state index contributed by atoms with van der Waals surface area (Å²) in [5, 5.41) is 6.28. The van der Waals surface area contributed by atoms with Gasteiger partial charge < -0.3 is 10.1 Å². The first-order chi connectivity index (χ1) is 9.51. The van der Waals surface area contributed by atoms with E-state index in [0.29, 0.717) is 29.2 Å². The highest BCUT2D eigenvalue weighted by Crippen LogP contribution is 2.28. The molecule has 0 bridgehead atoms. The van der Waals surface area contributed by atoms with Crippen LogP contribution in [-0.4, -0.2) is 25.5 Å². The highest BCUT2D eigenvalue weighted by molar-refractivity contribution is 6.32. The molecule has 5 nitrogen and oxygen atoms in total. The van der Waals surface area contributed by atoms with Crippen LogP contribution in [0.2, 0.25) is 5.02 Å². The molecule has 0 spiro atoms. The highest BCUT2D eigenvalue weighted by atomic mass is 35.5. The van der Waals surface area contributed by atoms with Crippen molar-refractivity contribution in [2.75, 3.05) is 13.7 Å². The predicted molar refractivity (Wildman–Crippen MR) is 79.2 cm³/mol. The number of benzene rings is 1. The van der Waals surface area contributed by atoms with Gasteiger partial charge in [-0.3, -0.25) is 15.1 Å². The average Bonchev–Trinajstić information content (AvgIpc) is 2.77. The van der Waals surface area contributed by atoms with Crippen molar-refractivity contribution in [2.45, 2.75) is 19.9 Å². The summed E-state index contributed by atoms with van der Waals surface area (Å²) in [6, 6.07) is 4.82. The molecule has 1 amide bonds. The van der Waals surface area contributed by atoms with Gasteiger partial charge in [-0.25, -0.2) is 0 Å². The molecule has 1 aliphatic rings. The van der Waals surface area contributed by atoms with Crippen molar-refractivity contribution in [1.29, 1.82) is 0 Å². The van der Waals surface area contributed by atoms with Crippen molar-refractivity contribution < 1.29 is 9.53 Å². The minimum atomic E-state index is -0.468. The van der Waals surface area contributed by atoms with E-state index in [1.54, 1.807) is 19.2 Å². The number of nitrogens with zero attached hydrogens (tertiary/aromatic N) is 1. The van der Waals surface area contributed by atoms with Crippen LogP contribution in [0.5, 0.6) is 5.75 Å². The summed E-state index contributed by atoms with van der Waals surface area (Å²) in [4.78, 5) is 16.3. The van der Waals surface area contributed by atoms with Crippen molar-refractivity contribution in [1.82, 2.24) is 10.6 Å². The third kappa shape index (κ3) is 3.22. The van der Waals surface area contributed by atoms with Crippen molar-refractivity contribution in [3.05, 3.63) is 28.8 Å². The van der Waals surface area contributed by atoms with Gasteiger partial charge in [-0.15, -0.1) is 0 Å². The Hall–Kier alpha value is -1.75. The Morgan fingerprint density at radius 2 is 2.20 bits per heavy atom. The molecule has 2 N–H and O–H groups in total. The number of carbonyl (C=O) groups is 1. The van der Waals surface area contributed by atoms with Gasteiger partial charge in [0.15, 0.2) is 5.96 Å². The summed E-state index contributed by atoms with van der Waals surface area (Å²) in [7, 11) is 1.55. The van der Waals surface area contributed by atoms with Crippen LogP contribution in [0.25, 0.3) is 0 Å². The van der Waals surface area contributed by atoms with E-state index < -0.39 is 6.04 Å². The van der Waals surface area contributed by atoms with E-state index in [1.807, 2.05) is 6.07 Å². The maximum atomic E-state index is 12.0. The lowest BCUT2D eigenvalue weighted by molar-refractivity contribution is -0.120. The van der Waals surface area contributed by atoms with Crippen molar-refractivity contribution in [3.63, 3.8) is 0 Å². The fraction of sp³-hybridized carbons (Fsp3) is 0.429. The summed E-state index contributed by atoms with van der Waals surface area (Å²) < 4.78 is 5.10. The van der Waals surface area contributed by atoms with E-state index in [0.717, 1.165) is 5.56 Å². The van der Waals surface area contributed by atoms with Crippen LogP contribution in [0.1, 0.15) is 25.5 Å². The topological polar surface area (TPSA) is 62.7 Å². The lowest BCUT2D eigenvalue weighted by atomic mass is 10.1. The monoisotopic (exact) mass is 295 g/mol. The molecule has 0 aromatic heterocycles. The summed E-state index contributed by atoms with van der Waals surface area (Å²) in [6.07, 6.45) is 0. The Balaban J connectivity index is 2.15. The minimum Gasteiger partial charge on any atom is -0.495 e. The number of methoxy groups -OCH3 is 1. The van der Waals surface area contributed by atoms with Gasteiger partial charge in [-0.1, -0.05) is 31.5 Å². The number of halogens is 1. The van der Waals surface area contributed by atoms with Gasteiger partial charge in [0.1, 0.15) is 11.8 Å². The van der Waals surface area contributed by atoms with Gasteiger partial charge in [0, 0.05) is 6.54 Å². The van der Waals surface area contributed by atoms with Crippen molar-refractivity contribution >= 4 is 23.5 Å². The number of hydrogen-bond acceptors (Lipinski definition) is 3. The lowest BCUT2D eigenvalue weighted by Gasteiger charge is -2.10. The van der Waals surface area contributed by atoms with E-state index in [-0.39, 0.29) is 5.91 Å². The van der Waals surface area contributed by atoms with Gasteiger partial charge in [-0.2, -0.15) is 0 Å². The summed E-state index contributed by atoms with van der Waals surface area (Å²) in [5.74, 6) is 1.41. The molecule has 1 heterocycles. The van der Waals surface area contributed by atoms with Gasteiger partial charge in [-0.05, 0) is 23.6 Å². The van der Waals surface area contributed by atoms with Crippen LogP contribution in [-0.2, 0) is 4.79 Å². The number of hydrogen-bond donors (Lipinski definition) is 2. The zero-order valence-electron chi connectivity index (χ0n) is 11.7. The Bertz CT molecular complexity index is 543. The summed E-state index contributed by atoms with van der Waals surface area (Å²) >= 11 is 6.08. The zero-order valence-corrected chi connectivity index (χ0v) is 12.5. The van der Waals surface area contributed by atoms with E-state index in [2.05, 4.69) is 29.5 Å². The van der Waals surface area contributed by atoms with Crippen molar-refractivity contribution in [3.8, 4) is 5.75 Å². The van der Waals surface area contributed by atoms with Gasteiger partial charge >= 0.3 is 0 Å². The summed E-state index contributed by atoms with van der Waals surface area (Å²) in [6.45, 7) is 4.81. The van der Waals surface area contributed by atoms with Crippen LogP contribution < -0.4 is 15.4 Å². The predicted octanol–water partition coefficient (Wildman–Crippen LogP) is 2.12. The minimum absolute atomic E-state index is 0.131. The van der Waals surface area contributed by atoms with Crippen LogP contribution in [0.4, 0.5) is 0 Å². The quantitative estimate of drug-likeness (QED) is 0.894. The lowest BCUT2D eigenvalue weighted by Crippen LogP contribution is -2.26. The van der Waals surface area contributed by atoms with Crippen LogP contribution in [0, 0.1) is 5.92 Å². The molecule has 1 saturated heterocycles. The second kappa shape index (κ2) is 6.13.